The van der Waals surface area contributed by atoms with Crippen molar-refractivity contribution in [3.05, 3.63) is 23.3 Å². The van der Waals surface area contributed by atoms with Gasteiger partial charge in [0.2, 0.25) is 0 Å². The number of ether oxygens (including phenoxy) is 4. The van der Waals surface area contributed by atoms with Crippen molar-refractivity contribution >= 4 is 0 Å². The predicted molar refractivity (Wildman–Crippen MR) is 113 cm³/mol. The minimum atomic E-state index is -1.53. The molecule has 2 aliphatic rings. The molecule has 2 rings (SSSR count). The van der Waals surface area contributed by atoms with E-state index in [9.17, 15) is 30.6 Å². The molecule has 0 radical (unpaired) electrons. The van der Waals surface area contributed by atoms with Crippen LogP contribution in [0.3, 0.4) is 0 Å². The molecule has 2 saturated heterocycles. The zero-order chi connectivity index (χ0) is 24.0. The van der Waals surface area contributed by atoms with Gasteiger partial charge in [0.25, 0.3) is 0 Å². The monoisotopic (exact) mass is 462 g/mol. The molecule has 0 saturated carbocycles. The highest BCUT2D eigenvalue weighted by Crippen LogP contribution is 2.26. The summed E-state index contributed by atoms with van der Waals surface area (Å²) in [7, 11) is 0. The zero-order valence-corrected chi connectivity index (χ0v) is 19.1. The van der Waals surface area contributed by atoms with Crippen LogP contribution in [0.1, 0.15) is 40.5 Å². The molecular weight excluding hydrogens is 424 g/mol. The first-order chi connectivity index (χ1) is 15.0. The number of aliphatic hydroxyl groups is 6. The zero-order valence-electron chi connectivity index (χ0n) is 19.1. The van der Waals surface area contributed by atoms with Gasteiger partial charge in [0.1, 0.15) is 42.7 Å². The molecule has 2 aliphatic heterocycles. The standard InChI is InChI=1S/C22H38O10/c1-11(2)6-5-7-12(3)8-9-29-21-20(28)18(26)16(24)14(32-21)10-30-22-19(27)17(25)15(23)13(4)31-22/h6,8,13-28H,5,7,9-10H2,1-4H3. The summed E-state index contributed by atoms with van der Waals surface area (Å²) >= 11 is 0. The van der Waals surface area contributed by atoms with Crippen molar-refractivity contribution in [1.29, 1.82) is 0 Å². The molecule has 186 valence electrons. The van der Waals surface area contributed by atoms with Crippen LogP contribution in [0.2, 0.25) is 0 Å². The van der Waals surface area contributed by atoms with E-state index in [1.165, 1.54) is 12.5 Å². The highest BCUT2D eigenvalue weighted by molar-refractivity contribution is 5.02. The lowest BCUT2D eigenvalue weighted by molar-refractivity contribution is -0.326. The normalized spacial score (nSPS) is 40.9. The Morgan fingerprint density at radius 1 is 0.750 bits per heavy atom. The highest BCUT2D eigenvalue weighted by Gasteiger charge is 2.46. The molecule has 10 unspecified atom stereocenters. The van der Waals surface area contributed by atoms with Crippen LogP contribution >= 0.6 is 0 Å². The Hall–Kier alpha value is -0.920. The van der Waals surface area contributed by atoms with Crippen LogP contribution < -0.4 is 0 Å². The van der Waals surface area contributed by atoms with E-state index in [0.717, 1.165) is 18.4 Å². The minimum Gasteiger partial charge on any atom is -0.388 e. The quantitative estimate of drug-likeness (QED) is 0.243. The van der Waals surface area contributed by atoms with Crippen molar-refractivity contribution in [2.24, 2.45) is 0 Å². The second kappa shape index (κ2) is 12.5. The Balaban J connectivity index is 1.89. The van der Waals surface area contributed by atoms with Crippen LogP contribution in [-0.2, 0) is 18.9 Å². The van der Waals surface area contributed by atoms with Crippen molar-refractivity contribution in [3.8, 4) is 0 Å². The van der Waals surface area contributed by atoms with E-state index in [1.807, 2.05) is 26.8 Å². The maximum atomic E-state index is 10.2. The molecule has 2 heterocycles. The molecule has 32 heavy (non-hydrogen) atoms. The van der Waals surface area contributed by atoms with Crippen molar-refractivity contribution < 1.29 is 49.6 Å². The SMILES string of the molecule is CC(C)=CCCC(C)=CCOC1OC(COC2OC(C)C(O)C(O)C2O)C(O)C(O)C1O. The molecule has 0 spiro atoms. The molecular formula is C22H38O10. The molecule has 2 fully saturated rings. The summed E-state index contributed by atoms with van der Waals surface area (Å²) in [5.74, 6) is 0. The van der Waals surface area contributed by atoms with Crippen LogP contribution in [-0.4, -0.2) is 105 Å². The first kappa shape index (κ1) is 27.3. The van der Waals surface area contributed by atoms with Gasteiger partial charge in [-0.2, -0.15) is 0 Å². The number of hydrogen-bond acceptors (Lipinski definition) is 10. The fourth-order valence-electron chi connectivity index (χ4n) is 3.51. The fourth-order valence-corrected chi connectivity index (χ4v) is 3.51. The topological polar surface area (TPSA) is 158 Å². The third kappa shape index (κ3) is 7.29. The van der Waals surface area contributed by atoms with E-state index in [1.54, 1.807) is 0 Å². The third-order valence-electron chi connectivity index (χ3n) is 5.69. The molecule has 0 aromatic rings. The smallest absolute Gasteiger partial charge is 0.187 e. The first-order valence-electron chi connectivity index (χ1n) is 10.9. The van der Waals surface area contributed by atoms with Gasteiger partial charge in [0, 0.05) is 0 Å². The lowest BCUT2D eigenvalue weighted by Gasteiger charge is -2.42. The second-order valence-corrected chi connectivity index (χ2v) is 8.73. The maximum absolute atomic E-state index is 10.2. The predicted octanol–water partition coefficient (Wildman–Crippen LogP) is -0.653. The molecule has 6 N–H and O–H groups in total. The van der Waals surface area contributed by atoms with Gasteiger partial charge in [0.05, 0.1) is 19.3 Å². The van der Waals surface area contributed by atoms with Gasteiger partial charge < -0.3 is 49.6 Å². The van der Waals surface area contributed by atoms with Crippen molar-refractivity contribution in [1.82, 2.24) is 0 Å². The summed E-state index contributed by atoms with van der Waals surface area (Å²) in [5.41, 5.74) is 2.35. The Labute approximate surface area is 188 Å². The van der Waals surface area contributed by atoms with Crippen molar-refractivity contribution in [2.75, 3.05) is 13.2 Å². The van der Waals surface area contributed by atoms with Crippen molar-refractivity contribution in [3.63, 3.8) is 0 Å². The summed E-state index contributed by atoms with van der Waals surface area (Å²) in [5, 5.41) is 60.3. The molecule has 10 atom stereocenters. The average Bonchev–Trinajstić information content (AvgIpc) is 2.74. The summed E-state index contributed by atoms with van der Waals surface area (Å²) in [6.45, 7) is 7.39. The first-order valence-corrected chi connectivity index (χ1v) is 10.9. The summed E-state index contributed by atoms with van der Waals surface area (Å²) < 4.78 is 21.9. The molecule has 10 heteroatoms. The van der Waals surface area contributed by atoms with Gasteiger partial charge in [-0.1, -0.05) is 23.3 Å². The van der Waals surface area contributed by atoms with Crippen LogP contribution in [0.4, 0.5) is 0 Å². The van der Waals surface area contributed by atoms with Gasteiger partial charge in [-0.15, -0.1) is 0 Å². The summed E-state index contributed by atoms with van der Waals surface area (Å²) in [6, 6.07) is 0. The molecule has 0 aromatic heterocycles. The maximum Gasteiger partial charge on any atom is 0.187 e. The number of hydrogen-bond donors (Lipinski definition) is 6. The van der Waals surface area contributed by atoms with Crippen LogP contribution in [0.15, 0.2) is 23.3 Å². The van der Waals surface area contributed by atoms with E-state index >= 15 is 0 Å². The largest absolute Gasteiger partial charge is 0.388 e. The van der Waals surface area contributed by atoms with Gasteiger partial charge in [-0.3, -0.25) is 0 Å². The van der Waals surface area contributed by atoms with E-state index in [0.29, 0.717) is 0 Å². The van der Waals surface area contributed by atoms with Gasteiger partial charge in [-0.25, -0.2) is 0 Å². The fraction of sp³-hybridized carbons (Fsp3) is 0.818. The Bertz CT molecular complexity index is 634. The molecule has 0 aliphatic carbocycles. The van der Waals surface area contributed by atoms with E-state index in [4.69, 9.17) is 18.9 Å². The third-order valence-corrected chi connectivity index (χ3v) is 5.69. The molecule has 0 bridgehead atoms. The molecule has 0 aromatic carbocycles. The Morgan fingerprint density at radius 3 is 1.97 bits per heavy atom. The van der Waals surface area contributed by atoms with Gasteiger partial charge >= 0.3 is 0 Å². The van der Waals surface area contributed by atoms with Gasteiger partial charge in [0.15, 0.2) is 12.6 Å². The Kier molecular flexibility index (Phi) is 10.7. The molecule has 10 nitrogen and oxygen atoms in total. The summed E-state index contributed by atoms with van der Waals surface area (Å²) in [4.78, 5) is 0. The number of allylic oxidation sites excluding steroid dienone is 3. The molecule has 0 amide bonds. The second-order valence-electron chi connectivity index (χ2n) is 8.73. The minimum absolute atomic E-state index is 0.144. The average molecular weight is 463 g/mol. The van der Waals surface area contributed by atoms with Crippen LogP contribution in [0, 0.1) is 0 Å². The lowest BCUT2D eigenvalue weighted by atomic mass is 9.98. The van der Waals surface area contributed by atoms with Crippen LogP contribution in [0.5, 0.6) is 0 Å². The Morgan fingerprint density at radius 2 is 1.34 bits per heavy atom. The highest BCUT2D eigenvalue weighted by atomic mass is 16.7. The van der Waals surface area contributed by atoms with Gasteiger partial charge in [-0.05, 0) is 40.5 Å². The number of rotatable bonds is 9. The van der Waals surface area contributed by atoms with E-state index in [-0.39, 0.29) is 13.2 Å². The van der Waals surface area contributed by atoms with Crippen LogP contribution in [0.25, 0.3) is 0 Å². The van der Waals surface area contributed by atoms with E-state index in [2.05, 4.69) is 6.08 Å². The van der Waals surface area contributed by atoms with E-state index < -0.39 is 61.4 Å². The lowest BCUT2D eigenvalue weighted by Crippen LogP contribution is -2.61. The summed E-state index contributed by atoms with van der Waals surface area (Å²) in [6.07, 6.45) is -7.28. The number of aliphatic hydroxyl groups excluding tert-OH is 6. The van der Waals surface area contributed by atoms with Crippen molar-refractivity contribution in [2.45, 2.75) is 102 Å².